The molecule has 0 amide bonds. The summed E-state index contributed by atoms with van der Waals surface area (Å²) in [5.74, 6) is 0.975. The van der Waals surface area contributed by atoms with E-state index in [1.807, 2.05) is 0 Å². The van der Waals surface area contributed by atoms with Crippen molar-refractivity contribution in [1.82, 2.24) is 0 Å². The van der Waals surface area contributed by atoms with Gasteiger partial charge in [-0.05, 0) is 18.1 Å². The molecule has 0 atom stereocenters. The van der Waals surface area contributed by atoms with Crippen LogP contribution in [-0.2, 0) is 6.42 Å². The van der Waals surface area contributed by atoms with Crippen LogP contribution in [0.25, 0.3) is 0 Å². The Hall–Kier alpha value is -1.56. The first-order valence-electron chi connectivity index (χ1n) is 4.14. The minimum absolute atomic E-state index is 0.333. The third-order valence-corrected chi connectivity index (χ3v) is 1.86. The summed E-state index contributed by atoms with van der Waals surface area (Å²) < 4.78 is 30.5. The molecule has 1 nitrogen and oxygen atoms in total. The van der Waals surface area contributed by atoms with E-state index in [9.17, 15) is 8.78 Å². The molecule has 0 spiro atoms. The molecule has 0 heterocycles. The monoisotopic (exact) mass is 196 g/mol. The zero-order chi connectivity index (χ0) is 10.6. The van der Waals surface area contributed by atoms with Gasteiger partial charge >= 0.3 is 0 Å². The largest absolute Gasteiger partial charge is 0.496 e. The van der Waals surface area contributed by atoms with E-state index >= 15 is 0 Å². The van der Waals surface area contributed by atoms with E-state index < -0.39 is 11.6 Å². The standard InChI is InChI=1S/C11H10F2O/c1-3-4-5-8-6-9(12)10(13)7-11(8)14-2/h1,6-7H,4-5H2,2H3. The van der Waals surface area contributed by atoms with Gasteiger partial charge in [-0.2, -0.15) is 0 Å². The average molecular weight is 196 g/mol. The molecule has 0 fully saturated rings. The minimum atomic E-state index is -0.911. The number of rotatable bonds is 3. The van der Waals surface area contributed by atoms with Crippen molar-refractivity contribution in [3.63, 3.8) is 0 Å². The predicted octanol–water partition coefficient (Wildman–Crippen LogP) is 2.54. The molecule has 1 aromatic rings. The van der Waals surface area contributed by atoms with Crippen LogP contribution >= 0.6 is 0 Å². The summed E-state index contributed by atoms with van der Waals surface area (Å²) in [5, 5.41) is 0. The van der Waals surface area contributed by atoms with Crippen molar-refractivity contribution in [3.8, 4) is 18.1 Å². The quantitative estimate of drug-likeness (QED) is 0.675. The third-order valence-electron chi connectivity index (χ3n) is 1.86. The van der Waals surface area contributed by atoms with Gasteiger partial charge in [-0.1, -0.05) is 0 Å². The molecule has 0 saturated heterocycles. The highest BCUT2D eigenvalue weighted by Gasteiger charge is 2.09. The molecule has 0 aliphatic carbocycles. The maximum Gasteiger partial charge on any atom is 0.162 e. The Balaban J connectivity index is 3.02. The number of hydrogen-bond donors (Lipinski definition) is 0. The van der Waals surface area contributed by atoms with Crippen LogP contribution in [-0.4, -0.2) is 7.11 Å². The summed E-state index contributed by atoms with van der Waals surface area (Å²) in [6.07, 6.45) is 6.03. The summed E-state index contributed by atoms with van der Waals surface area (Å²) >= 11 is 0. The summed E-state index contributed by atoms with van der Waals surface area (Å²) in [6, 6.07) is 2.15. The van der Waals surface area contributed by atoms with Gasteiger partial charge in [0.25, 0.3) is 0 Å². The van der Waals surface area contributed by atoms with Crippen molar-refractivity contribution < 1.29 is 13.5 Å². The van der Waals surface area contributed by atoms with Gasteiger partial charge in [-0.25, -0.2) is 8.78 Å². The Labute approximate surface area is 81.7 Å². The van der Waals surface area contributed by atoms with Crippen LogP contribution in [0.1, 0.15) is 12.0 Å². The number of halogens is 2. The highest BCUT2D eigenvalue weighted by atomic mass is 19.2. The summed E-state index contributed by atoms with van der Waals surface area (Å²) in [5.41, 5.74) is 0.587. The molecule has 74 valence electrons. The Kier molecular flexibility index (Phi) is 3.47. The van der Waals surface area contributed by atoms with E-state index in [0.717, 1.165) is 12.1 Å². The van der Waals surface area contributed by atoms with E-state index in [1.165, 1.54) is 7.11 Å². The maximum absolute atomic E-state index is 12.8. The molecule has 0 N–H and O–H groups in total. The van der Waals surface area contributed by atoms with Crippen molar-refractivity contribution in [2.24, 2.45) is 0 Å². The predicted molar refractivity (Wildman–Crippen MR) is 50.1 cm³/mol. The Morgan fingerprint density at radius 3 is 2.57 bits per heavy atom. The van der Waals surface area contributed by atoms with Crippen LogP contribution in [0.15, 0.2) is 12.1 Å². The fourth-order valence-corrected chi connectivity index (χ4v) is 1.16. The van der Waals surface area contributed by atoms with E-state index in [0.29, 0.717) is 24.2 Å². The topological polar surface area (TPSA) is 9.23 Å². The molecule has 14 heavy (non-hydrogen) atoms. The second-order valence-electron chi connectivity index (χ2n) is 2.78. The molecule has 0 unspecified atom stereocenters. The van der Waals surface area contributed by atoms with Gasteiger partial charge in [0, 0.05) is 12.5 Å². The van der Waals surface area contributed by atoms with Crippen molar-refractivity contribution in [1.29, 1.82) is 0 Å². The molecule has 0 aromatic heterocycles. The molecule has 0 radical (unpaired) electrons. The lowest BCUT2D eigenvalue weighted by Gasteiger charge is -2.07. The van der Waals surface area contributed by atoms with E-state index in [-0.39, 0.29) is 0 Å². The minimum Gasteiger partial charge on any atom is -0.496 e. The number of hydrogen-bond acceptors (Lipinski definition) is 1. The molecule has 0 saturated carbocycles. The lowest BCUT2D eigenvalue weighted by Crippen LogP contribution is -1.96. The van der Waals surface area contributed by atoms with Crippen LogP contribution < -0.4 is 4.74 Å². The maximum atomic E-state index is 12.8. The van der Waals surface area contributed by atoms with Crippen molar-refractivity contribution in [2.75, 3.05) is 7.11 Å². The van der Waals surface area contributed by atoms with Crippen LogP contribution in [0, 0.1) is 24.0 Å². The smallest absolute Gasteiger partial charge is 0.162 e. The summed E-state index contributed by atoms with van der Waals surface area (Å²) in [7, 11) is 1.41. The molecule has 3 heteroatoms. The van der Waals surface area contributed by atoms with Crippen molar-refractivity contribution in [2.45, 2.75) is 12.8 Å². The average Bonchev–Trinajstić information content (AvgIpc) is 2.19. The summed E-state index contributed by atoms with van der Waals surface area (Å²) in [4.78, 5) is 0. The van der Waals surface area contributed by atoms with Gasteiger partial charge in [-0.3, -0.25) is 0 Å². The first-order valence-corrected chi connectivity index (χ1v) is 4.14. The van der Waals surface area contributed by atoms with E-state index in [4.69, 9.17) is 11.2 Å². The van der Waals surface area contributed by atoms with Crippen molar-refractivity contribution >= 4 is 0 Å². The molecule has 0 aliphatic rings. The van der Waals surface area contributed by atoms with Gasteiger partial charge in [0.05, 0.1) is 7.11 Å². The van der Waals surface area contributed by atoms with Gasteiger partial charge in [0.2, 0.25) is 0 Å². The lowest BCUT2D eigenvalue weighted by molar-refractivity contribution is 0.401. The number of aryl methyl sites for hydroxylation is 1. The molecule has 0 bridgehead atoms. The third kappa shape index (κ3) is 2.23. The van der Waals surface area contributed by atoms with E-state index in [1.54, 1.807) is 0 Å². The van der Waals surface area contributed by atoms with Crippen LogP contribution in [0.4, 0.5) is 8.78 Å². The van der Waals surface area contributed by atoms with E-state index in [2.05, 4.69) is 5.92 Å². The normalized spacial score (nSPS) is 9.57. The lowest BCUT2D eigenvalue weighted by atomic mass is 10.1. The van der Waals surface area contributed by atoms with Crippen molar-refractivity contribution in [3.05, 3.63) is 29.3 Å². The number of terminal acetylenes is 1. The molecule has 1 rings (SSSR count). The Bertz CT molecular complexity index is 366. The van der Waals surface area contributed by atoms with Crippen LogP contribution in [0.3, 0.4) is 0 Å². The van der Waals surface area contributed by atoms with Gasteiger partial charge in [0.15, 0.2) is 11.6 Å². The first kappa shape index (κ1) is 10.5. The molecule has 0 aliphatic heterocycles. The van der Waals surface area contributed by atoms with Crippen LogP contribution in [0.2, 0.25) is 0 Å². The second kappa shape index (κ2) is 4.61. The highest BCUT2D eigenvalue weighted by Crippen LogP contribution is 2.23. The van der Waals surface area contributed by atoms with Gasteiger partial charge in [0.1, 0.15) is 5.75 Å². The zero-order valence-electron chi connectivity index (χ0n) is 7.81. The second-order valence-corrected chi connectivity index (χ2v) is 2.78. The number of ether oxygens (including phenoxy) is 1. The Morgan fingerprint density at radius 1 is 1.36 bits per heavy atom. The number of benzene rings is 1. The van der Waals surface area contributed by atoms with Crippen LogP contribution in [0.5, 0.6) is 5.75 Å². The SMILES string of the molecule is C#CCCc1cc(F)c(F)cc1OC. The first-order chi connectivity index (χ1) is 6.69. The molecular formula is C11H10F2O. The number of methoxy groups -OCH3 is 1. The highest BCUT2D eigenvalue weighted by molar-refractivity contribution is 5.35. The van der Waals surface area contributed by atoms with Gasteiger partial charge in [-0.15, -0.1) is 12.3 Å². The fraction of sp³-hybridized carbons (Fsp3) is 0.273. The fourth-order valence-electron chi connectivity index (χ4n) is 1.16. The molecule has 1 aromatic carbocycles. The zero-order valence-corrected chi connectivity index (χ0v) is 7.81. The molecular weight excluding hydrogens is 186 g/mol. The summed E-state index contributed by atoms with van der Waals surface area (Å²) in [6.45, 7) is 0. The Morgan fingerprint density at radius 2 is 2.00 bits per heavy atom. The van der Waals surface area contributed by atoms with Gasteiger partial charge < -0.3 is 4.74 Å².